The third kappa shape index (κ3) is 3.32. The van der Waals surface area contributed by atoms with E-state index < -0.39 is 5.97 Å². The van der Waals surface area contributed by atoms with Crippen LogP contribution in [0, 0.1) is 6.92 Å². The van der Waals surface area contributed by atoms with E-state index in [1.54, 1.807) is 5.38 Å². The molecule has 0 fully saturated rings. The molecule has 4 nitrogen and oxygen atoms in total. The van der Waals surface area contributed by atoms with Crippen LogP contribution in [0.2, 0.25) is 0 Å². The monoisotopic (exact) mass is 276 g/mol. The summed E-state index contributed by atoms with van der Waals surface area (Å²) in [4.78, 5) is 15.5. The molecule has 0 saturated heterocycles. The number of methoxy groups -OCH3 is 1. The van der Waals surface area contributed by atoms with E-state index in [-0.39, 0.29) is 6.04 Å². The van der Waals surface area contributed by atoms with Gasteiger partial charge in [0.25, 0.3) is 0 Å². The Kier molecular flexibility index (Phi) is 4.16. The second kappa shape index (κ2) is 5.84. The summed E-state index contributed by atoms with van der Waals surface area (Å²) in [7, 11) is 1.35. The second-order valence-electron chi connectivity index (χ2n) is 4.31. The highest BCUT2D eigenvalue weighted by molar-refractivity contribution is 7.13. The Morgan fingerprint density at radius 2 is 2.05 bits per heavy atom. The van der Waals surface area contributed by atoms with Crippen LogP contribution in [0.3, 0.4) is 0 Å². The number of hydrogen-bond donors (Lipinski definition) is 1. The van der Waals surface area contributed by atoms with Gasteiger partial charge < -0.3 is 10.1 Å². The highest BCUT2D eigenvalue weighted by atomic mass is 32.1. The van der Waals surface area contributed by atoms with Gasteiger partial charge in [-0.2, -0.15) is 0 Å². The Morgan fingerprint density at radius 3 is 2.68 bits per heavy atom. The number of benzene rings is 1. The molecule has 2 aromatic rings. The fourth-order valence-corrected chi connectivity index (χ4v) is 2.43. The zero-order valence-corrected chi connectivity index (χ0v) is 12.0. The molecule has 19 heavy (non-hydrogen) atoms. The zero-order chi connectivity index (χ0) is 13.8. The summed E-state index contributed by atoms with van der Waals surface area (Å²) < 4.78 is 4.63. The van der Waals surface area contributed by atoms with Crippen LogP contribution in [0.25, 0.3) is 0 Å². The Bertz CT molecular complexity index is 563. The first-order valence-corrected chi connectivity index (χ1v) is 6.85. The number of esters is 1. The molecule has 1 heterocycles. The highest BCUT2D eigenvalue weighted by Gasteiger charge is 2.12. The number of aryl methyl sites for hydroxylation is 1. The third-order valence-electron chi connectivity index (χ3n) is 2.82. The third-order valence-corrected chi connectivity index (χ3v) is 3.59. The van der Waals surface area contributed by atoms with Crippen molar-refractivity contribution in [3.05, 3.63) is 46.5 Å². The van der Waals surface area contributed by atoms with Crippen molar-refractivity contribution in [2.24, 2.45) is 0 Å². The van der Waals surface area contributed by atoms with Gasteiger partial charge in [0.05, 0.1) is 13.2 Å². The summed E-state index contributed by atoms with van der Waals surface area (Å²) in [5.74, 6) is -0.410. The molecule has 1 unspecified atom stereocenters. The number of aromatic nitrogens is 1. The lowest BCUT2D eigenvalue weighted by atomic mass is 10.1. The predicted octanol–water partition coefficient (Wildman–Crippen LogP) is 3.41. The summed E-state index contributed by atoms with van der Waals surface area (Å²) in [5.41, 5.74) is 2.75. The molecule has 1 atom stereocenters. The summed E-state index contributed by atoms with van der Waals surface area (Å²) >= 11 is 1.40. The second-order valence-corrected chi connectivity index (χ2v) is 5.16. The summed E-state index contributed by atoms with van der Waals surface area (Å²) in [5, 5.41) is 5.68. The van der Waals surface area contributed by atoms with Gasteiger partial charge in [0, 0.05) is 5.38 Å². The highest BCUT2D eigenvalue weighted by Crippen LogP contribution is 2.22. The van der Waals surface area contributed by atoms with Crippen LogP contribution >= 0.6 is 11.3 Å². The van der Waals surface area contributed by atoms with Crippen LogP contribution in [-0.4, -0.2) is 18.1 Å². The van der Waals surface area contributed by atoms with E-state index in [1.165, 1.54) is 29.6 Å². The Hall–Kier alpha value is -1.88. The standard InChI is InChI=1S/C14H16N2O2S/c1-9-4-6-11(7-5-9)10(2)15-14-16-12(8-19-14)13(17)18-3/h4-8,10H,1-3H3,(H,15,16). The van der Waals surface area contributed by atoms with Crippen molar-refractivity contribution in [3.8, 4) is 0 Å². The Balaban J connectivity index is 2.06. The first-order chi connectivity index (χ1) is 9.10. The van der Waals surface area contributed by atoms with Crippen molar-refractivity contribution in [2.75, 3.05) is 12.4 Å². The maximum atomic E-state index is 11.3. The van der Waals surface area contributed by atoms with Crippen LogP contribution in [0.5, 0.6) is 0 Å². The van der Waals surface area contributed by atoms with Crippen molar-refractivity contribution in [1.82, 2.24) is 4.98 Å². The van der Waals surface area contributed by atoms with E-state index in [2.05, 4.69) is 53.2 Å². The normalized spacial score (nSPS) is 11.9. The molecule has 5 heteroatoms. The molecule has 0 saturated carbocycles. The van der Waals surface area contributed by atoms with E-state index in [0.717, 1.165) is 0 Å². The molecular weight excluding hydrogens is 260 g/mol. The van der Waals surface area contributed by atoms with Crippen molar-refractivity contribution < 1.29 is 9.53 Å². The van der Waals surface area contributed by atoms with E-state index in [1.807, 2.05) is 0 Å². The number of rotatable bonds is 4. The number of hydrogen-bond acceptors (Lipinski definition) is 5. The molecule has 0 aliphatic heterocycles. The maximum Gasteiger partial charge on any atom is 0.357 e. The lowest BCUT2D eigenvalue weighted by Gasteiger charge is -2.13. The Morgan fingerprint density at radius 1 is 1.37 bits per heavy atom. The molecule has 0 bridgehead atoms. The minimum Gasteiger partial charge on any atom is -0.464 e. The van der Waals surface area contributed by atoms with Gasteiger partial charge in [0.1, 0.15) is 0 Å². The van der Waals surface area contributed by atoms with Gasteiger partial charge in [-0.3, -0.25) is 0 Å². The molecule has 0 aliphatic rings. The SMILES string of the molecule is COC(=O)c1csc(NC(C)c2ccc(C)cc2)n1. The van der Waals surface area contributed by atoms with Gasteiger partial charge in [-0.25, -0.2) is 9.78 Å². The van der Waals surface area contributed by atoms with E-state index >= 15 is 0 Å². The van der Waals surface area contributed by atoms with Crippen molar-refractivity contribution in [2.45, 2.75) is 19.9 Å². The molecule has 0 amide bonds. The predicted molar refractivity (Wildman–Crippen MR) is 76.7 cm³/mol. The van der Waals surface area contributed by atoms with Crippen LogP contribution in [0.15, 0.2) is 29.6 Å². The molecule has 0 radical (unpaired) electrons. The van der Waals surface area contributed by atoms with Crippen LogP contribution in [-0.2, 0) is 4.74 Å². The number of anilines is 1. The van der Waals surface area contributed by atoms with Gasteiger partial charge >= 0.3 is 5.97 Å². The van der Waals surface area contributed by atoms with Gasteiger partial charge in [-0.1, -0.05) is 29.8 Å². The number of carbonyl (C=O) groups is 1. The minimum absolute atomic E-state index is 0.136. The topological polar surface area (TPSA) is 51.2 Å². The van der Waals surface area contributed by atoms with Crippen LogP contribution in [0.1, 0.15) is 34.6 Å². The van der Waals surface area contributed by atoms with Gasteiger partial charge in [-0.15, -0.1) is 11.3 Å². The lowest BCUT2D eigenvalue weighted by molar-refractivity contribution is 0.0595. The maximum absolute atomic E-state index is 11.3. The van der Waals surface area contributed by atoms with Crippen LogP contribution < -0.4 is 5.32 Å². The van der Waals surface area contributed by atoms with Crippen molar-refractivity contribution >= 4 is 22.4 Å². The van der Waals surface area contributed by atoms with Gasteiger partial charge in [0.15, 0.2) is 10.8 Å². The molecule has 0 spiro atoms. The van der Waals surface area contributed by atoms with Crippen molar-refractivity contribution in [1.29, 1.82) is 0 Å². The molecule has 2 rings (SSSR count). The van der Waals surface area contributed by atoms with Gasteiger partial charge in [-0.05, 0) is 19.4 Å². The number of carbonyl (C=O) groups excluding carboxylic acids is 1. The van der Waals surface area contributed by atoms with E-state index in [9.17, 15) is 4.79 Å². The average molecular weight is 276 g/mol. The minimum atomic E-state index is -0.410. The first kappa shape index (κ1) is 13.5. The number of nitrogens with zero attached hydrogens (tertiary/aromatic N) is 1. The quantitative estimate of drug-likeness (QED) is 0.869. The molecule has 1 N–H and O–H groups in total. The van der Waals surface area contributed by atoms with Crippen molar-refractivity contribution in [3.63, 3.8) is 0 Å². The summed E-state index contributed by atoms with van der Waals surface area (Å²) in [6.07, 6.45) is 0. The summed E-state index contributed by atoms with van der Waals surface area (Å²) in [6.45, 7) is 4.12. The fourth-order valence-electron chi connectivity index (χ4n) is 1.66. The Labute approximate surface area is 116 Å². The number of ether oxygens (including phenoxy) is 1. The summed E-state index contributed by atoms with van der Waals surface area (Å²) in [6, 6.07) is 8.46. The van der Waals surface area contributed by atoms with E-state index in [0.29, 0.717) is 10.8 Å². The van der Waals surface area contributed by atoms with Gasteiger partial charge in [0.2, 0.25) is 0 Å². The fraction of sp³-hybridized carbons (Fsp3) is 0.286. The molecular formula is C14H16N2O2S. The largest absolute Gasteiger partial charge is 0.464 e. The molecule has 100 valence electrons. The molecule has 1 aromatic carbocycles. The average Bonchev–Trinajstić information content (AvgIpc) is 2.87. The zero-order valence-electron chi connectivity index (χ0n) is 11.1. The van der Waals surface area contributed by atoms with Crippen LogP contribution in [0.4, 0.5) is 5.13 Å². The smallest absolute Gasteiger partial charge is 0.357 e. The number of nitrogens with one attached hydrogen (secondary N) is 1. The molecule has 0 aliphatic carbocycles. The first-order valence-electron chi connectivity index (χ1n) is 5.97. The molecule has 1 aromatic heterocycles. The lowest BCUT2D eigenvalue weighted by Crippen LogP contribution is -2.07. The van der Waals surface area contributed by atoms with E-state index in [4.69, 9.17) is 0 Å². The number of thiazole rings is 1.